The van der Waals surface area contributed by atoms with E-state index in [1.54, 1.807) is 0 Å². The third-order valence-corrected chi connectivity index (χ3v) is 3.81. The molecule has 0 fully saturated rings. The van der Waals surface area contributed by atoms with Crippen LogP contribution in [-0.4, -0.2) is 6.54 Å². The first kappa shape index (κ1) is 23.8. The predicted octanol–water partition coefficient (Wildman–Crippen LogP) is 6.96. The highest BCUT2D eigenvalue weighted by molar-refractivity contribution is 5.14. The van der Waals surface area contributed by atoms with E-state index in [1.807, 2.05) is 6.92 Å². The van der Waals surface area contributed by atoms with Crippen LogP contribution < -0.4 is 5.32 Å². The van der Waals surface area contributed by atoms with E-state index in [1.165, 1.54) is 30.2 Å². The van der Waals surface area contributed by atoms with Crippen molar-refractivity contribution < 1.29 is 8.78 Å². The number of halogens is 2. The SMILES string of the molecule is C=C(CC/C=C/C)CNC(=C)/C=C/CC(C)CC.Fc1cccc(F)c1. The Kier molecular flexibility index (Phi) is 13.9. The van der Waals surface area contributed by atoms with Crippen LogP contribution >= 0.6 is 0 Å². The molecule has 1 atom stereocenters. The Morgan fingerprint density at radius 3 is 2.35 bits per heavy atom. The number of nitrogens with one attached hydrogen (secondary N) is 1. The molecule has 144 valence electrons. The van der Waals surface area contributed by atoms with Crippen LogP contribution in [0.1, 0.15) is 46.5 Å². The van der Waals surface area contributed by atoms with Crippen molar-refractivity contribution in [3.05, 3.63) is 84.6 Å². The lowest BCUT2D eigenvalue weighted by Crippen LogP contribution is -2.14. The Hall–Kier alpha value is -2.16. The summed E-state index contributed by atoms with van der Waals surface area (Å²) >= 11 is 0. The van der Waals surface area contributed by atoms with Crippen LogP contribution in [0.4, 0.5) is 8.78 Å². The Bertz CT molecular complexity index is 570. The first-order valence-electron chi connectivity index (χ1n) is 9.17. The van der Waals surface area contributed by atoms with E-state index < -0.39 is 11.6 Å². The van der Waals surface area contributed by atoms with E-state index in [9.17, 15) is 8.78 Å². The second-order valence-corrected chi connectivity index (χ2v) is 6.33. The molecular weight excluding hydrogens is 328 g/mol. The lowest BCUT2D eigenvalue weighted by Gasteiger charge is -2.08. The van der Waals surface area contributed by atoms with Crippen molar-refractivity contribution >= 4 is 0 Å². The topological polar surface area (TPSA) is 12.0 Å². The normalized spacial score (nSPS) is 11.9. The molecule has 0 bridgehead atoms. The fourth-order valence-corrected chi connectivity index (χ4v) is 1.91. The molecule has 0 saturated carbocycles. The maximum absolute atomic E-state index is 11.9. The van der Waals surface area contributed by atoms with Gasteiger partial charge in [-0.3, -0.25) is 0 Å². The maximum Gasteiger partial charge on any atom is 0.126 e. The minimum absolute atomic E-state index is 0.537. The second kappa shape index (κ2) is 15.1. The number of allylic oxidation sites excluding steroid dienone is 4. The molecule has 0 heterocycles. The van der Waals surface area contributed by atoms with E-state index in [0.29, 0.717) is 0 Å². The average molecular weight is 362 g/mol. The number of hydrogen-bond acceptors (Lipinski definition) is 1. The summed E-state index contributed by atoms with van der Waals surface area (Å²) in [6.07, 6.45) is 13.0. The van der Waals surface area contributed by atoms with Crippen LogP contribution in [0.3, 0.4) is 0 Å². The first-order valence-corrected chi connectivity index (χ1v) is 9.17. The average Bonchev–Trinajstić information content (AvgIpc) is 2.60. The number of hydrogen-bond donors (Lipinski definition) is 1. The molecule has 0 spiro atoms. The molecule has 0 aromatic heterocycles. The van der Waals surface area contributed by atoms with Gasteiger partial charge in [-0.05, 0) is 50.3 Å². The van der Waals surface area contributed by atoms with Gasteiger partial charge in [0.25, 0.3) is 0 Å². The monoisotopic (exact) mass is 361 g/mol. The smallest absolute Gasteiger partial charge is 0.126 e. The van der Waals surface area contributed by atoms with Gasteiger partial charge in [-0.15, -0.1) is 0 Å². The standard InChI is InChI=1S/C17H29N.C6H4F2/c1-6-8-9-11-16(4)14-18-17(5)13-10-12-15(3)7-2;7-5-2-1-3-6(8)4-5/h6,8,10,13,15,18H,4-5,7,9,11-12,14H2,1-3H3;1-4H/b8-6+,13-10+;. The molecule has 0 amide bonds. The highest BCUT2D eigenvalue weighted by Gasteiger charge is 1.95. The summed E-state index contributed by atoms with van der Waals surface area (Å²) in [5, 5.41) is 3.30. The lowest BCUT2D eigenvalue weighted by atomic mass is 10.1. The Labute approximate surface area is 158 Å². The van der Waals surface area contributed by atoms with Crippen LogP contribution in [0.15, 0.2) is 73.0 Å². The van der Waals surface area contributed by atoms with Crippen LogP contribution in [0.5, 0.6) is 0 Å². The van der Waals surface area contributed by atoms with Crippen molar-refractivity contribution in [2.24, 2.45) is 5.92 Å². The van der Waals surface area contributed by atoms with Gasteiger partial charge in [0.05, 0.1) is 0 Å². The molecule has 3 heteroatoms. The maximum atomic E-state index is 11.9. The third-order valence-electron chi connectivity index (χ3n) is 3.81. The number of rotatable bonds is 10. The van der Waals surface area contributed by atoms with Crippen molar-refractivity contribution in [2.75, 3.05) is 6.54 Å². The van der Waals surface area contributed by atoms with E-state index in [2.05, 4.69) is 56.6 Å². The molecule has 1 nitrogen and oxygen atoms in total. The largest absolute Gasteiger partial charge is 0.382 e. The Balaban J connectivity index is 0.000000642. The van der Waals surface area contributed by atoms with Crippen molar-refractivity contribution in [2.45, 2.75) is 46.5 Å². The molecule has 0 saturated heterocycles. The molecule has 1 N–H and O–H groups in total. The summed E-state index contributed by atoms with van der Waals surface area (Å²) in [6.45, 7) is 15.4. The number of benzene rings is 1. The summed E-state index contributed by atoms with van der Waals surface area (Å²) in [4.78, 5) is 0. The predicted molar refractivity (Wildman–Crippen MR) is 110 cm³/mol. The molecular formula is C23H33F2N. The van der Waals surface area contributed by atoms with Gasteiger partial charge < -0.3 is 5.32 Å². The van der Waals surface area contributed by atoms with Crippen LogP contribution in [-0.2, 0) is 0 Å². The summed E-state index contributed by atoms with van der Waals surface area (Å²) in [7, 11) is 0. The minimum atomic E-state index is -0.537. The molecule has 26 heavy (non-hydrogen) atoms. The van der Waals surface area contributed by atoms with Crippen molar-refractivity contribution in [1.29, 1.82) is 0 Å². The third kappa shape index (κ3) is 14.2. The highest BCUT2D eigenvalue weighted by Crippen LogP contribution is 2.08. The van der Waals surface area contributed by atoms with E-state index in [4.69, 9.17) is 0 Å². The van der Waals surface area contributed by atoms with Gasteiger partial charge in [0.1, 0.15) is 11.6 Å². The van der Waals surface area contributed by atoms with Crippen LogP contribution in [0.2, 0.25) is 0 Å². The van der Waals surface area contributed by atoms with Crippen molar-refractivity contribution in [3.8, 4) is 0 Å². The summed E-state index contributed by atoms with van der Waals surface area (Å²) in [5.74, 6) is -0.320. The van der Waals surface area contributed by atoms with Gasteiger partial charge >= 0.3 is 0 Å². The quantitative estimate of drug-likeness (QED) is 0.351. The fourth-order valence-electron chi connectivity index (χ4n) is 1.91. The van der Waals surface area contributed by atoms with E-state index in [0.717, 1.165) is 43.5 Å². The second-order valence-electron chi connectivity index (χ2n) is 6.33. The van der Waals surface area contributed by atoms with Gasteiger partial charge in [0.2, 0.25) is 0 Å². The zero-order chi connectivity index (χ0) is 19.8. The molecule has 0 aliphatic heterocycles. The van der Waals surface area contributed by atoms with Gasteiger partial charge in [0, 0.05) is 18.3 Å². The molecule has 0 aliphatic rings. The van der Waals surface area contributed by atoms with Crippen LogP contribution in [0, 0.1) is 17.6 Å². The van der Waals surface area contributed by atoms with Crippen molar-refractivity contribution in [3.63, 3.8) is 0 Å². The van der Waals surface area contributed by atoms with Gasteiger partial charge in [-0.2, -0.15) is 0 Å². The summed E-state index contributed by atoms with van der Waals surface area (Å²) < 4.78 is 23.9. The van der Waals surface area contributed by atoms with Crippen molar-refractivity contribution in [1.82, 2.24) is 5.32 Å². The fraction of sp³-hybridized carbons (Fsp3) is 0.391. The Morgan fingerprint density at radius 1 is 1.19 bits per heavy atom. The highest BCUT2D eigenvalue weighted by atomic mass is 19.1. The minimum Gasteiger partial charge on any atom is -0.382 e. The zero-order valence-electron chi connectivity index (χ0n) is 16.4. The van der Waals surface area contributed by atoms with Crippen LogP contribution in [0.25, 0.3) is 0 Å². The van der Waals surface area contributed by atoms with Gasteiger partial charge in [-0.1, -0.05) is 63.3 Å². The first-order chi connectivity index (χ1) is 12.4. The van der Waals surface area contributed by atoms with E-state index in [-0.39, 0.29) is 0 Å². The summed E-state index contributed by atoms with van der Waals surface area (Å²) in [6, 6.07) is 4.55. The molecule has 1 aromatic carbocycles. The molecule has 1 rings (SSSR count). The van der Waals surface area contributed by atoms with Gasteiger partial charge in [0.15, 0.2) is 0 Å². The van der Waals surface area contributed by atoms with Gasteiger partial charge in [-0.25, -0.2) is 8.78 Å². The lowest BCUT2D eigenvalue weighted by molar-refractivity contribution is 0.571. The molecule has 0 aliphatic carbocycles. The summed E-state index contributed by atoms with van der Waals surface area (Å²) in [5.41, 5.74) is 2.20. The zero-order valence-corrected chi connectivity index (χ0v) is 16.4. The molecule has 1 aromatic rings. The Morgan fingerprint density at radius 2 is 1.85 bits per heavy atom. The molecule has 1 unspecified atom stereocenters. The van der Waals surface area contributed by atoms with E-state index >= 15 is 0 Å². The molecule has 0 radical (unpaired) electrons.